The molecule has 2 aromatic carbocycles. The van der Waals surface area contributed by atoms with Crippen molar-refractivity contribution in [1.82, 2.24) is 9.97 Å². The second-order valence-electron chi connectivity index (χ2n) is 6.72. The number of halogens is 1. The summed E-state index contributed by atoms with van der Waals surface area (Å²) in [5, 5.41) is 3.61. The van der Waals surface area contributed by atoms with Gasteiger partial charge in [0.05, 0.1) is 4.90 Å². The zero-order valence-corrected chi connectivity index (χ0v) is 18.1. The molecular formula is C20H22ClN5O2S. The molecule has 1 heterocycles. The molecule has 0 aliphatic carbocycles. The molecule has 0 saturated carbocycles. The van der Waals surface area contributed by atoms with Gasteiger partial charge in [-0.25, -0.2) is 18.4 Å². The minimum atomic E-state index is -3.74. The van der Waals surface area contributed by atoms with Gasteiger partial charge in [-0.2, -0.15) is 0 Å². The average molecular weight is 432 g/mol. The molecule has 9 heteroatoms. The van der Waals surface area contributed by atoms with Crippen LogP contribution in [0.3, 0.4) is 0 Å². The highest BCUT2D eigenvalue weighted by molar-refractivity contribution is 7.92. The van der Waals surface area contributed by atoms with Crippen LogP contribution in [0.25, 0.3) is 0 Å². The van der Waals surface area contributed by atoms with E-state index in [0.717, 1.165) is 11.5 Å². The highest BCUT2D eigenvalue weighted by Crippen LogP contribution is 2.26. The van der Waals surface area contributed by atoms with Gasteiger partial charge in [-0.3, -0.25) is 4.72 Å². The Hall–Kier alpha value is -2.84. The molecule has 1 aromatic heterocycles. The molecule has 0 spiro atoms. The Labute approximate surface area is 175 Å². The number of aromatic nitrogens is 2. The van der Waals surface area contributed by atoms with E-state index in [0.29, 0.717) is 27.9 Å². The fourth-order valence-corrected chi connectivity index (χ4v) is 4.26. The van der Waals surface area contributed by atoms with E-state index in [-0.39, 0.29) is 4.90 Å². The Bertz CT molecular complexity index is 1130. The molecule has 0 amide bonds. The smallest absolute Gasteiger partial charge is 0.262 e. The van der Waals surface area contributed by atoms with E-state index in [1.807, 2.05) is 32.0 Å². The van der Waals surface area contributed by atoms with Gasteiger partial charge in [-0.15, -0.1) is 0 Å². The second-order valence-corrected chi connectivity index (χ2v) is 8.78. The molecule has 0 atom stereocenters. The van der Waals surface area contributed by atoms with Crippen LogP contribution < -0.4 is 14.9 Å². The Balaban J connectivity index is 1.78. The zero-order chi connectivity index (χ0) is 21.2. The van der Waals surface area contributed by atoms with Crippen molar-refractivity contribution in [2.45, 2.75) is 18.7 Å². The molecule has 3 aromatic rings. The quantitative estimate of drug-likeness (QED) is 0.603. The average Bonchev–Trinajstić information content (AvgIpc) is 2.64. The van der Waals surface area contributed by atoms with E-state index < -0.39 is 10.0 Å². The number of sulfonamides is 1. The number of hydrogen-bond donors (Lipinski definition) is 2. The van der Waals surface area contributed by atoms with Crippen LogP contribution in [0.4, 0.5) is 23.0 Å². The van der Waals surface area contributed by atoms with E-state index in [1.165, 1.54) is 6.07 Å². The minimum Gasteiger partial charge on any atom is -0.363 e. The van der Waals surface area contributed by atoms with Gasteiger partial charge in [0, 0.05) is 36.6 Å². The van der Waals surface area contributed by atoms with Crippen molar-refractivity contribution in [3.8, 4) is 0 Å². The summed E-state index contributed by atoms with van der Waals surface area (Å²) in [6.07, 6.45) is 0. The predicted molar refractivity (Wildman–Crippen MR) is 118 cm³/mol. The normalized spacial score (nSPS) is 11.2. The van der Waals surface area contributed by atoms with Gasteiger partial charge in [0.25, 0.3) is 10.0 Å². The first-order valence-electron chi connectivity index (χ1n) is 8.84. The van der Waals surface area contributed by atoms with Gasteiger partial charge in [0.15, 0.2) is 0 Å². The summed E-state index contributed by atoms with van der Waals surface area (Å²) in [4.78, 5) is 10.8. The number of rotatable bonds is 6. The highest BCUT2D eigenvalue weighted by atomic mass is 35.5. The lowest BCUT2D eigenvalue weighted by Gasteiger charge is -2.14. The fourth-order valence-electron chi connectivity index (χ4n) is 2.70. The van der Waals surface area contributed by atoms with Crippen LogP contribution in [0.1, 0.15) is 11.4 Å². The maximum Gasteiger partial charge on any atom is 0.262 e. The third-order valence-electron chi connectivity index (χ3n) is 4.20. The van der Waals surface area contributed by atoms with E-state index in [2.05, 4.69) is 20.0 Å². The molecule has 3 rings (SSSR count). The lowest BCUT2D eigenvalue weighted by Crippen LogP contribution is -2.14. The minimum absolute atomic E-state index is 0.153. The van der Waals surface area contributed by atoms with Crippen LogP contribution in [-0.4, -0.2) is 32.5 Å². The molecule has 152 valence electrons. The van der Waals surface area contributed by atoms with Crippen LogP contribution in [0.15, 0.2) is 53.4 Å². The van der Waals surface area contributed by atoms with Crippen molar-refractivity contribution in [3.63, 3.8) is 0 Å². The molecule has 0 unspecified atom stereocenters. The van der Waals surface area contributed by atoms with Crippen LogP contribution in [-0.2, 0) is 10.0 Å². The van der Waals surface area contributed by atoms with Gasteiger partial charge < -0.3 is 10.2 Å². The molecule has 0 fully saturated rings. The van der Waals surface area contributed by atoms with Crippen molar-refractivity contribution >= 4 is 44.6 Å². The SMILES string of the molecule is Cc1nc(Nc2ccc(NS(=O)(=O)c3cccc(Cl)c3C)cc2)cc(N(C)C)n1. The Morgan fingerprint density at radius 1 is 0.966 bits per heavy atom. The van der Waals surface area contributed by atoms with Crippen molar-refractivity contribution in [3.05, 3.63) is 64.9 Å². The number of aryl methyl sites for hydroxylation is 1. The summed E-state index contributed by atoms with van der Waals surface area (Å²) in [6, 6.07) is 13.5. The van der Waals surface area contributed by atoms with Crippen molar-refractivity contribution in [2.75, 3.05) is 29.0 Å². The molecule has 7 nitrogen and oxygen atoms in total. The van der Waals surface area contributed by atoms with Crippen molar-refractivity contribution in [1.29, 1.82) is 0 Å². The van der Waals surface area contributed by atoms with E-state index >= 15 is 0 Å². The molecule has 0 radical (unpaired) electrons. The van der Waals surface area contributed by atoms with Gasteiger partial charge in [0.1, 0.15) is 17.5 Å². The summed E-state index contributed by atoms with van der Waals surface area (Å²) in [7, 11) is 0.0816. The first-order chi connectivity index (χ1) is 13.7. The first kappa shape index (κ1) is 20.9. The number of hydrogen-bond acceptors (Lipinski definition) is 6. The summed E-state index contributed by atoms with van der Waals surface area (Å²) < 4.78 is 27.9. The monoisotopic (exact) mass is 431 g/mol. The summed E-state index contributed by atoms with van der Waals surface area (Å²) in [5.74, 6) is 2.10. The molecule has 2 N–H and O–H groups in total. The van der Waals surface area contributed by atoms with Gasteiger partial charge in [-0.1, -0.05) is 17.7 Å². The predicted octanol–water partition coefficient (Wildman–Crippen LogP) is 4.36. The first-order valence-corrected chi connectivity index (χ1v) is 10.7. The summed E-state index contributed by atoms with van der Waals surface area (Å²) in [6.45, 7) is 3.50. The number of nitrogens with one attached hydrogen (secondary N) is 2. The third kappa shape index (κ3) is 4.96. The number of anilines is 4. The van der Waals surface area contributed by atoms with Crippen molar-refractivity contribution in [2.24, 2.45) is 0 Å². The molecule has 0 saturated heterocycles. The van der Waals surface area contributed by atoms with Gasteiger partial charge in [-0.05, 0) is 55.8 Å². The largest absolute Gasteiger partial charge is 0.363 e. The maximum atomic E-state index is 12.7. The number of nitrogens with zero attached hydrogens (tertiary/aromatic N) is 3. The van der Waals surface area contributed by atoms with Crippen LogP contribution >= 0.6 is 11.6 Å². The van der Waals surface area contributed by atoms with Gasteiger partial charge >= 0.3 is 0 Å². The fraction of sp³-hybridized carbons (Fsp3) is 0.200. The lowest BCUT2D eigenvalue weighted by molar-refractivity contribution is 0.600. The second kappa shape index (κ2) is 8.26. The molecule has 29 heavy (non-hydrogen) atoms. The Kier molecular flexibility index (Phi) is 5.95. The Morgan fingerprint density at radius 2 is 1.62 bits per heavy atom. The lowest BCUT2D eigenvalue weighted by atomic mass is 10.2. The van der Waals surface area contributed by atoms with E-state index in [9.17, 15) is 8.42 Å². The topological polar surface area (TPSA) is 87.2 Å². The molecule has 0 aliphatic rings. The molecule has 0 aliphatic heterocycles. The highest BCUT2D eigenvalue weighted by Gasteiger charge is 2.18. The van der Waals surface area contributed by atoms with E-state index in [4.69, 9.17) is 11.6 Å². The summed E-state index contributed by atoms with van der Waals surface area (Å²) >= 11 is 6.05. The molecule has 0 bridgehead atoms. The van der Waals surface area contributed by atoms with Crippen LogP contribution in [0, 0.1) is 13.8 Å². The van der Waals surface area contributed by atoms with Gasteiger partial charge in [0.2, 0.25) is 0 Å². The summed E-state index contributed by atoms with van der Waals surface area (Å²) in [5.41, 5.74) is 1.73. The third-order valence-corrected chi connectivity index (χ3v) is 6.13. The van der Waals surface area contributed by atoms with Crippen LogP contribution in [0.5, 0.6) is 0 Å². The Morgan fingerprint density at radius 3 is 2.28 bits per heavy atom. The zero-order valence-electron chi connectivity index (χ0n) is 16.6. The van der Waals surface area contributed by atoms with Crippen molar-refractivity contribution < 1.29 is 8.42 Å². The van der Waals surface area contributed by atoms with Crippen LogP contribution in [0.2, 0.25) is 5.02 Å². The number of benzene rings is 2. The maximum absolute atomic E-state index is 12.7. The van der Waals surface area contributed by atoms with E-state index in [1.54, 1.807) is 43.3 Å². The molecular weight excluding hydrogens is 410 g/mol. The standard InChI is InChI=1S/C20H22ClN5O2S/c1-13-17(21)6-5-7-18(13)29(27,28)25-16-10-8-15(9-11-16)24-19-12-20(26(3)4)23-14(2)22-19/h5-12,25H,1-4H3,(H,22,23,24).